The molecule has 0 bridgehead atoms. The van der Waals surface area contributed by atoms with Gasteiger partial charge in [0.15, 0.2) is 0 Å². The molecule has 0 aliphatic carbocycles. The largest absolute Gasteiger partial charge is 1.00 e. The number of fused-ring (bicyclic) bond motifs is 1. The van der Waals surface area contributed by atoms with Crippen molar-refractivity contribution in [1.82, 2.24) is 0 Å². The third-order valence-corrected chi connectivity index (χ3v) is 1.98. The van der Waals surface area contributed by atoms with Crippen molar-refractivity contribution in [3.63, 3.8) is 0 Å². The van der Waals surface area contributed by atoms with E-state index in [-0.39, 0.29) is 20.3 Å². The average molecular weight is 196 g/mol. The first-order valence-electron chi connectivity index (χ1n) is 4.28. The van der Waals surface area contributed by atoms with Crippen molar-refractivity contribution in [3.05, 3.63) is 42.5 Å². The van der Waals surface area contributed by atoms with Gasteiger partial charge in [0.25, 0.3) is 0 Å². The van der Waals surface area contributed by atoms with Gasteiger partial charge in [0.2, 0.25) is 0 Å². The van der Waals surface area contributed by atoms with Gasteiger partial charge in [-0.15, -0.1) is 0 Å². The van der Waals surface area contributed by atoms with Crippen molar-refractivity contribution in [1.29, 1.82) is 0 Å². The minimum absolute atomic E-state index is 0. The third-order valence-electron chi connectivity index (χ3n) is 1.98. The van der Waals surface area contributed by atoms with Crippen LogP contribution in [0.25, 0.3) is 10.8 Å². The van der Waals surface area contributed by atoms with Gasteiger partial charge in [0.05, 0.1) is 0 Å². The molecular formula is C10H10BLiO3. The van der Waals surface area contributed by atoms with Gasteiger partial charge in [-0.1, -0.05) is 36.4 Å². The predicted molar refractivity (Wildman–Crippen MR) is 55.9 cm³/mol. The average Bonchev–Trinajstić information content (AvgIpc) is 2.18. The van der Waals surface area contributed by atoms with Gasteiger partial charge >= 0.3 is 26.2 Å². The summed E-state index contributed by atoms with van der Waals surface area (Å²) in [4.78, 5) is 0. The van der Waals surface area contributed by atoms with Crippen molar-refractivity contribution in [3.8, 4) is 5.75 Å². The van der Waals surface area contributed by atoms with E-state index in [2.05, 4.69) is 0 Å². The molecule has 0 radical (unpaired) electrons. The Balaban J connectivity index is 0.00000112. The van der Waals surface area contributed by atoms with E-state index < -0.39 is 7.32 Å². The van der Waals surface area contributed by atoms with Crippen molar-refractivity contribution in [2.75, 3.05) is 0 Å². The summed E-state index contributed by atoms with van der Waals surface area (Å²) in [6, 6.07) is 13.0. The monoisotopic (exact) mass is 196 g/mol. The Hall–Kier alpha value is -0.918. The first-order valence-corrected chi connectivity index (χ1v) is 4.28. The maximum Gasteiger partial charge on any atom is 1.00 e. The molecule has 2 rings (SSSR count). The second kappa shape index (κ2) is 5.24. The number of benzene rings is 2. The molecule has 0 aliphatic rings. The third kappa shape index (κ3) is 2.77. The van der Waals surface area contributed by atoms with Gasteiger partial charge in [-0.05, 0) is 11.5 Å². The van der Waals surface area contributed by atoms with Crippen LogP contribution < -0.4 is 23.5 Å². The van der Waals surface area contributed by atoms with Crippen LogP contribution in [0.1, 0.15) is 1.43 Å². The van der Waals surface area contributed by atoms with Crippen LogP contribution in [0.5, 0.6) is 5.75 Å². The quantitative estimate of drug-likeness (QED) is 0.563. The molecule has 0 fully saturated rings. The van der Waals surface area contributed by atoms with Gasteiger partial charge in [-0.2, -0.15) is 0 Å². The Labute approximate surface area is 102 Å². The van der Waals surface area contributed by atoms with Crippen LogP contribution in [0.4, 0.5) is 0 Å². The zero-order valence-corrected chi connectivity index (χ0v) is 8.42. The van der Waals surface area contributed by atoms with Crippen LogP contribution in [0.2, 0.25) is 0 Å². The molecule has 0 aliphatic heterocycles. The molecule has 0 unspecified atom stereocenters. The fourth-order valence-corrected chi connectivity index (χ4v) is 1.41. The van der Waals surface area contributed by atoms with Crippen molar-refractivity contribution >= 4 is 18.1 Å². The van der Waals surface area contributed by atoms with E-state index in [1.165, 1.54) is 0 Å². The first-order chi connectivity index (χ1) is 6.77. The Kier molecular flexibility index (Phi) is 4.25. The van der Waals surface area contributed by atoms with Crippen LogP contribution >= 0.6 is 0 Å². The Morgan fingerprint density at radius 1 is 1.00 bits per heavy atom. The standard InChI is InChI=1S/C10H9BO3.Li.H/c12-11(13)14-10-7-3-5-8-4-1-2-6-9(8)10;;/h1-7,12-13H;;/q;+1;-1. The molecule has 0 heterocycles. The SMILES string of the molecule is OB(O)Oc1cccc2ccccc12.[H-].[Li+]. The van der Waals surface area contributed by atoms with Crippen LogP contribution in [-0.4, -0.2) is 17.4 Å². The van der Waals surface area contributed by atoms with E-state index in [4.69, 9.17) is 14.7 Å². The molecule has 72 valence electrons. The predicted octanol–water partition coefficient (Wildman–Crippen LogP) is -1.70. The molecule has 0 spiro atoms. The molecule has 0 amide bonds. The van der Waals surface area contributed by atoms with Crippen LogP contribution in [0, 0.1) is 0 Å². The van der Waals surface area contributed by atoms with E-state index in [0.29, 0.717) is 5.75 Å². The fraction of sp³-hybridized carbons (Fsp3) is 0. The molecule has 0 aromatic heterocycles. The minimum atomic E-state index is -1.78. The van der Waals surface area contributed by atoms with Gasteiger partial charge in [0.1, 0.15) is 5.75 Å². The number of rotatable bonds is 2. The van der Waals surface area contributed by atoms with Crippen LogP contribution in [-0.2, 0) is 0 Å². The van der Waals surface area contributed by atoms with Crippen molar-refractivity contribution in [2.45, 2.75) is 0 Å². The normalized spacial score (nSPS) is 9.47. The van der Waals surface area contributed by atoms with Crippen molar-refractivity contribution < 1.29 is 35.0 Å². The van der Waals surface area contributed by atoms with E-state index in [9.17, 15) is 0 Å². The van der Waals surface area contributed by atoms with Gasteiger partial charge < -0.3 is 16.1 Å². The molecule has 15 heavy (non-hydrogen) atoms. The second-order valence-corrected chi connectivity index (χ2v) is 2.92. The zero-order valence-electron chi connectivity index (χ0n) is 9.42. The molecular weight excluding hydrogens is 186 g/mol. The van der Waals surface area contributed by atoms with E-state index >= 15 is 0 Å². The fourth-order valence-electron chi connectivity index (χ4n) is 1.41. The summed E-state index contributed by atoms with van der Waals surface area (Å²) >= 11 is 0. The molecule has 2 aromatic carbocycles. The Bertz CT molecular complexity index is 448. The molecule has 0 atom stereocenters. The maximum absolute atomic E-state index is 8.70. The Morgan fingerprint density at radius 3 is 2.40 bits per heavy atom. The first kappa shape index (κ1) is 12.2. The number of hydrogen-bond acceptors (Lipinski definition) is 3. The van der Waals surface area contributed by atoms with Crippen molar-refractivity contribution in [2.24, 2.45) is 0 Å². The summed E-state index contributed by atoms with van der Waals surface area (Å²) in [5, 5.41) is 19.3. The summed E-state index contributed by atoms with van der Waals surface area (Å²) < 4.78 is 4.84. The zero-order chi connectivity index (χ0) is 9.97. The second-order valence-electron chi connectivity index (χ2n) is 2.92. The molecule has 2 N–H and O–H groups in total. The van der Waals surface area contributed by atoms with E-state index in [0.717, 1.165) is 10.8 Å². The van der Waals surface area contributed by atoms with Gasteiger partial charge in [-0.25, -0.2) is 0 Å². The summed E-state index contributed by atoms with van der Waals surface area (Å²) in [7, 11) is -1.78. The minimum Gasteiger partial charge on any atom is -1.00 e. The smallest absolute Gasteiger partial charge is 1.00 e. The summed E-state index contributed by atoms with van der Waals surface area (Å²) in [5.41, 5.74) is 0. The summed E-state index contributed by atoms with van der Waals surface area (Å²) in [5.74, 6) is 0.470. The van der Waals surface area contributed by atoms with Gasteiger partial charge in [0, 0.05) is 5.39 Å². The van der Waals surface area contributed by atoms with E-state index in [1.807, 2.05) is 30.3 Å². The molecule has 3 nitrogen and oxygen atoms in total. The summed E-state index contributed by atoms with van der Waals surface area (Å²) in [6.07, 6.45) is 0. The maximum atomic E-state index is 8.70. The number of hydrogen-bond donors (Lipinski definition) is 2. The van der Waals surface area contributed by atoms with Crippen LogP contribution in [0.3, 0.4) is 0 Å². The van der Waals surface area contributed by atoms with Gasteiger partial charge in [-0.3, -0.25) is 0 Å². The summed E-state index contributed by atoms with van der Waals surface area (Å²) in [6.45, 7) is 0. The molecule has 2 aromatic rings. The molecule has 5 heteroatoms. The topological polar surface area (TPSA) is 49.7 Å². The van der Waals surface area contributed by atoms with Crippen LogP contribution in [0.15, 0.2) is 42.5 Å². The van der Waals surface area contributed by atoms with E-state index in [1.54, 1.807) is 12.1 Å². The molecule has 0 saturated carbocycles. The molecule has 0 saturated heterocycles. The Morgan fingerprint density at radius 2 is 1.67 bits per heavy atom.